The molecular weight excluding hydrogens is 198 g/mol. The number of ether oxygens (including phenoxy) is 1. The molecule has 0 unspecified atom stereocenters. The van der Waals surface area contributed by atoms with E-state index in [1.165, 1.54) is 0 Å². The van der Waals surface area contributed by atoms with Gasteiger partial charge in [0, 0.05) is 13.0 Å². The molecule has 88 valence electrons. The summed E-state index contributed by atoms with van der Waals surface area (Å²) in [7, 11) is 0. The molecule has 0 radical (unpaired) electrons. The maximum atomic E-state index is 11.1. The summed E-state index contributed by atoms with van der Waals surface area (Å²) in [5.74, 6) is -0.377. The summed E-state index contributed by atoms with van der Waals surface area (Å²) in [5, 5.41) is 10.6. The number of imide groups is 1. The molecular formula is C10H19NO4. The lowest BCUT2D eigenvalue weighted by molar-refractivity contribution is -0.120. The fraction of sp³-hybridized carbons (Fsp3) is 0.800. The fourth-order valence-electron chi connectivity index (χ4n) is 0.877. The third kappa shape index (κ3) is 9.21. The lowest BCUT2D eigenvalue weighted by Gasteiger charge is -2.19. The Morgan fingerprint density at radius 3 is 2.33 bits per heavy atom. The number of hydrogen-bond donors (Lipinski definition) is 2. The summed E-state index contributed by atoms with van der Waals surface area (Å²) < 4.78 is 4.89. The number of carbonyl (C=O) groups excluding carboxylic acids is 2. The number of amides is 2. The van der Waals surface area contributed by atoms with Crippen LogP contribution in [0.15, 0.2) is 0 Å². The van der Waals surface area contributed by atoms with E-state index in [1.807, 2.05) is 0 Å². The zero-order valence-electron chi connectivity index (χ0n) is 9.50. The van der Waals surface area contributed by atoms with E-state index in [1.54, 1.807) is 20.8 Å². The van der Waals surface area contributed by atoms with Crippen molar-refractivity contribution < 1.29 is 19.4 Å². The second-order valence-electron chi connectivity index (χ2n) is 4.23. The van der Waals surface area contributed by atoms with Crippen molar-refractivity contribution in [3.63, 3.8) is 0 Å². The van der Waals surface area contributed by atoms with Crippen molar-refractivity contribution in [2.24, 2.45) is 0 Å². The van der Waals surface area contributed by atoms with Crippen molar-refractivity contribution >= 4 is 12.0 Å². The molecule has 0 aromatic heterocycles. The van der Waals surface area contributed by atoms with Crippen LogP contribution in [0.3, 0.4) is 0 Å². The highest BCUT2D eigenvalue weighted by Gasteiger charge is 2.17. The second-order valence-corrected chi connectivity index (χ2v) is 4.23. The number of carbonyl (C=O) groups is 2. The Morgan fingerprint density at radius 2 is 1.87 bits per heavy atom. The molecule has 0 fully saturated rings. The largest absolute Gasteiger partial charge is 0.444 e. The van der Waals surface area contributed by atoms with Crippen LogP contribution in [0.4, 0.5) is 4.79 Å². The van der Waals surface area contributed by atoms with E-state index in [2.05, 4.69) is 5.32 Å². The van der Waals surface area contributed by atoms with Gasteiger partial charge in [-0.15, -0.1) is 0 Å². The molecule has 5 heteroatoms. The summed E-state index contributed by atoms with van der Waals surface area (Å²) in [6.07, 6.45) is 0.614. The molecule has 0 aromatic rings. The quantitative estimate of drug-likeness (QED) is 0.694. The van der Waals surface area contributed by atoms with Gasteiger partial charge in [0.25, 0.3) is 0 Å². The number of aliphatic hydroxyl groups excluding tert-OH is 1. The minimum Gasteiger partial charge on any atom is -0.444 e. The van der Waals surface area contributed by atoms with E-state index in [0.717, 1.165) is 0 Å². The summed E-state index contributed by atoms with van der Waals surface area (Å²) in [6, 6.07) is 0. The van der Waals surface area contributed by atoms with Crippen molar-refractivity contribution in [1.82, 2.24) is 5.32 Å². The molecule has 2 amide bonds. The molecule has 0 spiro atoms. The maximum absolute atomic E-state index is 11.1. The number of hydrogen-bond acceptors (Lipinski definition) is 4. The number of aliphatic hydroxyl groups is 1. The third-order valence-electron chi connectivity index (χ3n) is 1.45. The van der Waals surface area contributed by atoms with Gasteiger partial charge < -0.3 is 9.84 Å². The smallest absolute Gasteiger partial charge is 0.414 e. The Labute approximate surface area is 89.8 Å². The molecule has 0 aliphatic carbocycles. The first-order valence-corrected chi connectivity index (χ1v) is 4.99. The number of alkyl carbamates (subject to hydrolysis) is 1. The topological polar surface area (TPSA) is 75.6 Å². The van der Waals surface area contributed by atoms with E-state index < -0.39 is 11.7 Å². The van der Waals surface area contributed by atoms with Gasteiger partial charge in [-0.3, -0.25) is 10.1 Å². The standard InChI is InChI=1S/C10H19NO4/c1-10(2,3)15-9(14)11-8(13)6-4-5-7-12/h12H,4-7H2,1-3H3,(H,11,13,14). The Hall–Kier alpha value is -1.10. The van der Waals surface area contributed by atoms with Gasteiger partial charge in [-0.1, -0.05) is 0 Å². The van der Waals surface area contributed by atoms with Crippen molar-refractivity contribution in [3.8, 4) is 0 Å². The summed E-state index contributed by atoms with van der Waals surface area (Å²) in [6.45, 7) is 5.23. The summed E-state index contributed by atoms with van der Waals surface area (Å²) in [4.78, 5) is 22.2. The van der Waals surface area contributed by atoms with Crippen molar-refractivity contribution in [2.75, 3.05) is 6.61 Å². The second kappa shape index (κ2) is 6.40. The number of rotatable bonds is 4. The summed E-state index contributed by atoms with van der Waals surface area (Å²) >= 11 is 0. The zero-order valence-corrected chi connectivity index (χ0v) is 9.50. The minimum absolute atomic E-state index is 0.0553. The first-order valence-electron chi connectivity index (χ1n) is 4.99. The molecule has 0 atom stereocenters. The van der Waals surface area contributed by atoms with Crippen LogP contribution in [0.2, 0.25) is 0 Å². The average Bonchev–Trinajstić information content (AvgIpc) is 2.00. The van der Waals surface area contributed by atoms with E-state index >= 15 is 0 Å². The first kappa shape index (κ1) is 13.9. The van der Waals surface area contributed by atoms with Gasteiger partial charge >= 0.3 is 6.09 Å². The fourth-order valence-corrected chi connectivity index (χ4v) is 0.877. The average molecular weight is 217 g/mol. The van der Waals surface area contributed by atoms with Crippen LogP contribution in [-0.4, -0.2) is 29.3 Å². The van der Waals surface area contributed by atoms with Crippen LogP contribution in [-0.2, 0) is 9.53 Å². The van der Waals surface area contributed by atoms with Crippen LogP contribution >= 0.6 is 0 Å². The highest BCUT2D eigenvalue weighted by molar-refractivity contribution is 5.91. The van der Waals surface area contributed by atoms with E-state index in [0.29, 0.717) is 12.8 Å². The SMILES string of the molecule is CC(C)(C)OC(=O)NC(=O)CCCCO. The normalized spacial score (nSPS) is 10.9. The molecule has 2 N–H and O–H groups in total. The van der Waals surface area contributed by atoms with Crippen molar-refractivity contribution in [1.29, 1.82) is 0 Å². The predicted octanol–water partition coefficient (Wildman–Crippen LogP) is 1.20. The van der Waals surface area contributed by atoms with Crippen LogP contribution in [0.1, 0.15) is 40.0 Å². The van der Waals surface area contributed by atoms with E-state index in [4.69, 9.17) is 9.84 Å². The van der Waals surface area contributed by atoms with Gasteiger partial charge in [0.05, 0.1) is 0 Å². The monoisotopic (exact) mass is 217 g/mol. The molecule has 0 bridgehead atoms. The number of nitrogens with one attached hydrogen (secondary N) is 1. The Balaban J connectivity index is 3.72. The van der Waals surface area contributed by atoms with Crippen molar-refractivity contribution in [2.45, 2.75) is 45.6 Å². The lowest BCUT2D eigenvalue weighted by Crippen LogP contribution is -2.36. The van der Waals surface area contributed by atoms with Crippen LogP contribution < -0.4 is 5.32 Å². The minimum atomic E-state index is -0.725. The molecule has 0 heterocycles. The molecule has 0 aliphatic rings. The Morgan fingerprint density at radius 1 is 1.27 bits per heavy atom. The molecule has 0 rings (SSSR count). The number of unbranched alkanes of at least 4 members (excludes halogenated alkanes) is 1. The predicted molar refractivity (Wildman–Crippen MR) is 55.3 cm³/mol. The molecule has 5 nitrogen and oxygen atoms in total. The lowest BCUT2D eigenvalue weighted by atomic mass is 10.2. The molecule has 0 saturated carbocycles. The van der Waals surface area contributed by atoms with Gasteiger partial charge in [-0.2, -0.15) is 0 Å². The maximum Gasteiger partial charge on any atom is 0.414 e. The van der Waals surface area contributed by atoms with E-state index in [9.17, 15) is 9.59 Å². The zero-order chi connectivity index (χ0) is 11.9. The van der Waals surface area contributed by atoms with E-state index in [-0.39, 0.29) is 18.9 Å². The summed E-state index contributed by atoms with van der Waals surface area (Å²) in [5.41, 5.74) is -0.602. The van der Waals surface area contributed by atoms with Gasteiger partial charge in [0.1, 0.15) is 5.60 Å². The van der Waals surface area contributed by atoms with Gasteiger partial charge in [0.2, 0.25) is 5.91 Å². The van der Waals surface area contributed by atoms with Gasteiger partial charge in [-0.25, -0.2) is 4.79 Å². The van der Waals surface area contributed by atoms with Gasteiger partial charge in [0.15, 0.2) is 0 Å². The molecule has 0 aliphatic heterocycles. The van der Waals surface area contributed by atoms with Gasteiger partial charge in [-0.05, 0) is 33.6 Å². The van der Waals surface area contributed by atoms with Crippen LogP contribution in [0.5, 0.6) is 0 Å². The third-order valence-corrected chi connectivity index (χ3v) is 1.45. The van der Waals surface area contributed by atoms with Crippen molar-refractivity contribution in [3.05, 3.63) is 0 Å². The highest BCUT2D eigenvalue weighted by atomic mass is 16.6. The first-order chi connectivity index (χ1) is 6.85. The highest BCUT2D eigenvalue weighted by Crippen LogP contribution is 2.06. The Kier molecular flexibility index (Phi) is 5.93. The molecule has 0 saturated heterocycles. The van der Waals surface area contributed by atoms with Crippen LogP contribution in [0.25, 0.3) is 0 Å². The molecule has 0 aromatic carbocycles. The molecule has 15 heavy (non-hydrogen) atoms. The van der Waals surface area contributed by atoms with Crippen LogP contribution in [0, 0.1) is 0 Å². The Bertz CT molecular complexity index is 220.